The number of phenolic OH excluding ortho intramolecular Hbond substituents is 1. The predicted molar refractivity (Wildman–Crippen MR) is 119 cm³/mol. The highest BCUT2D eigenvalue weighted by molar-refractivity contribution is 6.41. The fourth-order valence-corrected chi connectivity index (χ4v) is 2.96. The molecule has 38 heavy (non-hydrogen) atoms. The molecule has 0 saturated carbocycles. The van der Waals surface area contributed by atoms with Crippen LogP contribution in [0.15, 0.2) is 18.2 Å². The number of nitrogens with zero attached hydrogens (tertiary/aromatic N) is 1. The molecule has 0 spiro atoms. The Bertz CT molecular complexity index is 1040. The number of hydrogen-bond acceptors (Lipinski definition) is 8. The van der Waals surface area contributed by atoms with Crippen LogP contribution in [0.2, 0.25) is 0 Å². The lowest BCUT2D eigenvalue weighted by atomic mass is 9.80. The van der Waals surface area contributed by atoms with E-state index >= 15 is 0 Å². The third kappa shape index (κ3) is 9.11. The lowest BCUT2D eigenvalue weighted by Crippen LogP contribution is -2.47. The van der Waals surface area contributed by atoms with Crippen LogP contribution >= 0.6 is 0 Å². The molecule has 0 amide bonds. The first-order valence-electron chi connectivity index (χ1n) is 10.6. The molecule has 1 aliphatic rings. The molecule has 0 radical (unpaired) electrons. The molecule has 17 heteroatoms. The predicted octanol–water partition coefficient (Wildman–Crippen LogP) is 1.84. The van der Waals surface area contributed by atoms with Crippen LogP contribution < -0.4 is 16.2 Å². The first-order chi connectivity index (χ1) is 17.3. The van der Waals surface area contributed by atoms with Crippen LogP contribution in [0.1, 0.15) is 25.3 Å². The smallest absolute Gasteiger partial charge is 0.458 e. The second kappa shape index (κ2) is 12.5. The Kier molecular flexibility index (Phi) is 10.5. The maximum absolute atomic E-state index is 12.3. The van der Waals surface area contributed by atoms with E-state index in [4.69, 9.17) is 31.8 Å². The number of rotatable bonds is 7. The number of aromatic hydroxyl groups is 1. The molecule has 0 bridgehead atoms. The fraction of sp³-hybridized carbons (Fsp3) is 0.476. The van der Waals surface area contributed by atoms with Crippen molar-refractivity contribution in [3.05, 3.63) is 23.8 Å². The molecule has 0 atom stereocenters. The van der Waals surface area contributed by atoms with Crippen molar-refractivity contribution >= 4 is 29.3 Å². The number of hydrogen-bond donors (Lipinski definition) is 5. The maximum Gasteiger partial charge on any atom is 0.458 e. The third-order valence-corrected chi connectivity index (χ3v) is 5.27. The van der Waals surface area contributed by atoms with Gasteiger partial charge in [0.05, 0.1) is 5.41 Å². The summed E-state index contributed by atoms with van der Waals surface area (Å²) in [6.07, 6.45) is -10.4. The highest BCUT2D eigenvalue weighted by atomic mass is 19.4. The number of piperidine rings is 1. The summed E-state index contributed by atoms with van der Waals surface area (Å²) in [5, 5.41) is 24.6. The van der Waals surface area contributed by atoms with Gasteiger partial charge in [-0.2, -0.15) is 26.3 Å². The molecule has 0 unspecified atom stereocenters. The number of phenols is 1. The van der Waals surface area contributed by atoms with Gasteiger partial charge >= 0.3 is 29.9 Å². The number of carbonyl (C=O) groups excluding carboxylic acids is 3. The van der Waals surface area contributed by atoms with E-state index in [1.807, 2.05) is 6.92 Å². The molecule has 1 aliphatic heterocycles. The molecule has 1 aromatic rings. The molecular weight excluding hydrogens is 532 g/mol. The zero-order chi connectivity index (χ0) is 29.5. The highest BCUT2D eigenvalue weighted by Crippen LogP contribution is 2.32. The summed E-state index contributed by atoms with van der Waals surface area (Å²) in [5.41, 5.74) is 10.7. The maximum atomic E-state index is 12.3. The second-order valence-electron chi connectivity index (χ2n) is 8.17. The number of nitrogen functional groups attached to an aromatic ring is 1. The summed E-state index contributed by atoms with van der Waals surface area (Å²) in [6.45, 7) is 3.03. The van der Waals surface area contributed by atoms with Gasteiger partial charge in [0.2, 0.25) is 0 Å². The molecule has 1 fully saturated rings. The van der Waals surface area contributed by atoms with Crippen molar-refractivity contribution in [3.8, 4) is 11.5 Å². The van der Waals surface area contributed by atoms with E-state index < -0.39 is 29.3 Å². The summed E-state index contributed by atoms with van der Waals surface area (Å²) in [4.78, 5) is 33.3. The van der Waals surface area contributed by atoms with Crippen molar-refractivity contribution in [2.75, 3.05) is 26.3 Å². The number of ether oxygens (including phenoxy) is 2. The van der Waals surface area contributed by atoms with Crippen LogP contribution in [-0.4, -0.2) is 78.0 Å². The first kappa shape index (κ1) is 32.0. The molecule has 2 rings (SSSR count). The average molecular weight is 557 g/mol. The van der Waals surface area contributed by atoms with Crippen LogP contribution in [0, 0.1) is 16.2 Å². The number of Topliss-reactive ketones (excluding diaryl/α,β-unsaturated/α-hetero) is 2. The van der Waals surface area contributed by atoms with E-state index in [9.17, 15) is 45.8 Å². The normalized spacial score (nSPS) is 15.0. The molecule has 7 N–H and O–H groups in total. The number of benzene rings is 1. The average Bonchev–Trinajstić information content (AvgIpc) is 2.81. The third-order valence-electron chi connectivity index (χ3n) is 5.27. The number of carbonyl (C=O) groups is 3. The SMILES string of the molecule is CC1(C(=O)OCCOc2cc(C(=N)N)ccc2O)CCN(C(=N)N)CC1.O=C(C(=O)C(F)(F)F)C(F)(F)F. The van der Waals surface area contributed by atoms with Gasteiger partial charge in [-0.25, -0.2) is 0 Å². The van der Waals surface area contributed by atoms with Crippen LogP contribution in [0.25, 0.3) is 0 Å². The van der Waals surface area contributed by atoms with Crippen molar-refractivity contribution in [1.29, 1.82) is 10.8 Å². The lowest BCUT2D eigenvalue weighted by molar-refractivity contribution is -0.193. The van der Waals surface area contributed by atoms with Gasteiger partial charge in [0.25, 0.3) is 0 Å². The van der Waals surface area contributed by atoms with Crippen LogP contribution in [0.4, 0.5) is 26.3 Å². The van der Waals surface area contributed by atoms with Crippen molar-refractivity contribution < 1.29 is 55.3 Å². The number of guanidine groups is 1. The number of nitrogens with one attached hydrogen (secondary N) is 2. The quantitative estimate of drug-likeness (QED) is 0.0831. The summed E-state index contributed by atoms with van der Waals surface area (Å²) in [6, 6.07) is 4.36. The number of esters is 1. The second-order valence-corrected chi connectivity index (χ2v) is 8.17. The number of halogens is 6. The van der Waals surface area contributed by atoms with E-state index in [2.05, 4.69) is 0 Å². The van der Waals surface area contributed by atoms with Gasteiger partial charge in [-0.3, -0.25) is 25.2 Å². The van der Waals surface area contributed by atoms with Gasteiger partial charge in [0.1, 0.15) is 19.0 Å². The summed E-state index contributed by atoms with van der Waals surface area (Å²) < 4.78 is 77.7. The Morgan fingerprint density at radius 1 is 1.00 bits per heavy atom. The topological polar surface area (TPSA) is 193 Å². The Morgan fingerprint density at radius 3 is 1.92 bits per heavy atom. The monoisotopic (exact) mass is 557 g/mol. The minimum Gasteiger partial charge on any atom is -0.504 e. The van der Waals surface area contributed by atoms with Crippen molar-refractivity contribution in [2.45, 2.75) is 32.1 Å². The Balaban J connectivity index is 0.000000508. The standard InChI is InChI=1S/C17H25N5O4.C4F6O2/c1-17(4-6-22(7-5-17)16(20)21)15(24)26-9-8-25-13-10-11(14(18)19)2-3-12(13)23;5-3(6,7)1(11)2(12)4(8,9)10/h2-3,10,23H,4-9H2,1H3,(H3,18,19)(H3,20,21);. The number of likely N-dealkylation sites (tertiary alicyclic amines) is 1. The lowest BCUT2D eigenvalue weighted by Gasteiger charge is -2.37. The fourth-order valence-electron chi connectivity index (χ4n) is 2.96. The summed E-state index contributed by atoms with van der Waals surface area (Å²) in [7, 11) is 0. The van der Waals surface area contributed by atoms with Crippen molar-refractivity contribution in [1.82, 2.24) is 4.90 Å². The van der Waals surface area contributed by atoms with Crippen molar-refractivity contribution in [2.24, 2.45) is 16.9 Å². The van der Waals surface area contributed by atoms with E-state index in [1.165, 1.54) is 18.2 Å². The van der Waals surface area contributed by atoms with Gasteiger partial charge in [-0.05, 0) is 38.0 Å². The highest BCUT2D eigenvalue weighted by Gasteiger charge is 2.54. The Morgan fingerprint density at radius 2 is 1.50 bits per heavy atom. The minimum absolute atomic E-state index is 0.0152. The molecule has 1 heterocycles. The van der Waals surface area contributed by atoms with E-state index in [0.717, 1.165) is 0 Å². The molecule has 0 aromatic heterocycles. The summed E-state index contributed by atoms with van der Waals surface area (Å²) in [5.74, 6) is -7.15. The molecule has 11 nitrogen and oxygen atoms in total. The Labute approximate surface area is 211 Å². The molecule has 212 valence electrons. The Hall–Kier alpha value is -4.05. The van der Waals surface area contributed by atoms with Crippen molar-refractivity contribution in [3.63, 3.8) is 0 Å². The number of alkyl halides is 6. The molecule has 1 aromatic carbocycles. The zero-order valence-corrected chi connectivity index (χ0v) is 19.8. The largest absolute Gasteiger partial charge is 0.504 e. The number of amidine groups is 1. The van der Waals surface area contributed by atoms with E-state index in [-0.39, 0.29) is 42.5 Å². The molecular formula is C21H25F6N5O6. The van der Waals surface area contributed by atoms with Crippen LogP contribution in [0.3, 0.4) is 0 Å². The van der Waals surface area contributed by atoms with Gasteiger partial charge in [0, 0.05) is 18.7 Å². The summed E-state index contributed by atoms with van der Waals surface area (Å²) >= 11 is 0. The number of nitrogens with two attached hydrogens (primary N) is 2. The number of ketones is 2. The van der Waals surface area contributed by atoms with E-state index in [0.29, 0.717) is 31.5 Å². The van der Waals surface area contributed by atoms with Gasteiger partial charge in [-0.1, -0.05) is 0 Å². The van der Waals surface area contributed by atoms with E-state index in [1.54, 1.807) is 4.90 Å². The van der Waals surface area contributed by atoms with Crippen LogP contribution in [0.5, 0.6) is 11.5 Å². The zero-order valence-electron chi connectivity index (χ0n) is 19.8. The van der Waals surface area contributed by atoms with Gasteiger partial charge < -0.3 is 30.9 Å². The van der Waals surface area contributed by atoms with Gasteiger partial charge in [-0.15, -0.1) is 0 Å². The van der Waals surface area contributed by atoms with Crippen LogP contribution in [-0.2, 0) is 19.1 Å². The minimum atomic E-state index is -5.77. The first-order valence-corrected chi connectivity index (χ1v) is 10.6. The molecule has 0 aliphatic carbocycles. The molecule has 1 saturated heterocycles. The van der Waals surface area contributed by atoms with Gasteiger partial charge in [0.15, 0.2) is 17.5 Å².